The number of aliphatic hydroxyl groups excluding tert-OH is 2. The molecule has 0 aliphatic carbocycles. The van der Waals surface area contributed by atoms with Crippen molar-refractivity contribution in [2.75, 3.05) is 26.3 Å². The van der Waals surface area contributed by atoms with Gasteiger partial charge in [-0.3, -0.25) is 9.59 Å². The first-order chi connectivity index (χ1) is 15.3. The lowest BCUT2D eigenvalue weighted by atomic mass is 10.0. The molecule has 0 heterocycles. The zero-order chi connectivity index (χ0) is 23.9. The van der Waals surface area contributed by atoms with Gasteiger partial charge < -0.3 is 25.2 Å². The lowest BCUT2D eigenvalue weighted by molar-refractivity contribution is -0.131. The van der Waals surface area contributed by atoms with E-state index in [9.17, 15) is 24.2 Å². The Morgan fingerprint density at radius 3 is 2.62 bits per heavy atom. The Labute approximate surface area is 189 Å². The van der Waals surface area contributed by atoms with Gasteiger partial charge in [0, 0.05) is 32.0 Å². The molecule has 1 aromatic rings. The summed E-state index contributed by atoms with van der Waals surface area (Å²) in [6, 6.07) is 3.30. The quantitative estimate of drug-likeness (QED) is 0.336. The second-order valence-electron chi connectivity index (χ2n) is 7.50. The SMILES string of the molecule is C=CCOc1cc(F)cc(C[C@H](NC(=O)CCCC(=O)N(CC=C)CCC)[C@H](O)CO)c1. The second kappa shape index (κ2) is 15.2. The molecule has 0 aliphatic heterocycles. The van der Waals surface area contributed by atoms with E-state index < -0.39 is 24.6 Å². The summed E-state index contributed by atoms with van der Waals surface area (Å²) in [7, 11) is 0. The molecule has 1 rings (SSSR count). The number of halogens is 1. The maximum absolute atomic E-state index is 13.9. The zero-order valence-electron chi connectivity index (χ0n) is 18.8. The van der Waals surface area contributed by atoms with Crippen LogP contribution in [0.2, 0.25) is 0 Å². The van der Waals surface area contributed by atoms with E-state index in [-0.39, 0.29) is 37.7 Å². The van der Waals surface area contributed by atoms with Crippen molar-refractivity contribution in [3.8, 4) is 5.75 Å². The van der Waals surface area contributed by atoms with Crippen molar-refractivity contribution in [3.63, 3.8) is 0 Å². The number of hydrogen-bond donors (Lipinski definition) is 3. The van der Waals surface area contributed by atoms with Crippen LogP contribution in [0.25, 0.3) is 0 Å². The third kappa shape index (κ3) is 10.1. The summed E-state index contributed by atoms with van der Waals surface area (Å²) in [5.74, 6) is -0.614. The van der Waals surface area contributed by atoms with E-state index in [0.29, 0.717) is 30.8 Å². The van der Waals surface area contributed by atoms with Gasteiger partial charge in [-0.2, -0.15) is 0 Å². The molecule has 0 aliphatic rings. The van der Waals surface area contributed by atoms with Crippen LogP contribution in [0, 0.1) is 5.82 Å². The first-order valence-electron chi connectivity index (χ1n) is 10.8. The number of benzene rings is 1. The van der Waals surface area contributed by atoms with Gasteiger partial charge in [0.2, 0.25) is 11.8 Å². The molecule has 2 amide bonds. The van der Waals surface area contributed by atoms with Crippen molar-refractivity contribution in [1.29, 1.82) is 0 Å². The first-order valence-corrected chi connectivity index (χ1v) is 10.8. The molecular weight excluding hydrogens is 415 g/mol. The minimum atomic E-state index is -1.23. The number of amides is 2. The van der Waals surface area contributed by atoms with Crippen LogP contribution in [-0.4, -0.2) is 65.4 Å². The maximum Gasteiger partial charge on any atom is 0.222 e. The van der Waals surface area contributed by atoms with E-state index >= 15 is 0 Å². The summed E-state index contributed by atoms with van der Waals surface area (Å²) in [5.41, 5.74) is 0.497. The first kappa shape index (κ1) is 27.3. The summed E-state index contributed by atoms with van der Waals surface area (Å²) in [6.45, 7) is 9.93. The molecule has 0 radical (unpaired) electrons. The van der Waals surface area contributed by atoms with Crippen molar-refractivity contribution in [2.45, 2.75) is 51.2 Å². The summed E-state index contributed by atoms with van der Waals surface area (Å²) in [4.78, 5) is 26.4. The summed E-state index contributed by atoms with van der Waals surface area (Å²) in [5, 5.41) is 22.2. The van der Waals surface area contributed by atoms with Crippen LogP contribution >= 0.6 is 0 Å². The van der Waals surface area contributed by atoms with Crippen LogP contribution in [0.5, 0.6) is 5.75 Å². The second-order valence-corrected chi connectivity index (χ2v) is 7.50. The summed E-state index contributed by atoms with van der Waals surface area (Å²) < 4.78 is 19.3. The average molecular weight is 451 g/mol. The molecule has 3 N–H and O–H groups in total. The Hall–Kier alpha value is -2.71. The van der Waals surface area contributed by atoms with Gasteiger partial charge in [0.25, 0.3) is 0 Å². The standard InChI is InChI=1S/C24H35FN2O5/c1-4-10-27(11-5-2)24(31)9-7-8-23(30)26-21(22(29)17-28)15-18-13-19(25)16-20(14-18)32-12-6-3/h4,6,13-14,16,21-22,28-29H,1,3,5,7-12,15,17H2,2H3,(H,26,30)/t21-,22+/m0/s1. The Morgan fingerprint density at radius 1 is 1.25 bits per heavy atom. The van der Waals surface area contributed by atoms with Crippen molar-refractivity contribution < 1.29 is 28.9 Å². The molecule has 0 bridgehead atoms. The highest BCUT2D eigenvalue weighted by atomic mass is 19.1. The predicted octanol–water partition coefficient (Wildman–Crippen LogP) is 2.37. The minimum Gasteiger partial charge on any atom is -0.489 e. The number of carbonyl (C=O) groups excluding carboxylic acids is 2. The highest BCUT2D eigenvalue weighted by Gasteiger charge is 2.22. The van der Waals surface area contributed by atoms with E-state index in [1.165, 1.54) is 18.2 Å². The van der Waals surface area contributed by atoms with E-state index in [4.69, 9.17) is 4.74 Å². The fourth-order valence-corrected chi connectivity index (χ4v) is 3.22. The molecule has 0 saturated heterocycles. The van der Waals surface area contributed by atoms with Gasteiger partial charge in [-0.15, -0.1) is 6.58 Å². The molecule has 0 saturated carbocycles. The van der Waals surface area contributed by atoms with Gasteiger partial charge in [0.15, 0.2) is 0 Å². The fourth-order valence-electron chi connectivity index (χ4n) is 3.22. The molecule has 7 nitrogen and oxygen atoms in total. The van der Waals surface area contributed by atoms with Gasteiger partial charge >= 0.3 is 0 Å². The fraction of sp³-hybridized carbons (Fsp3) is 0.500. The molecule has 1 aromatic carbocycles. The van der Waals surface area contributed by atoms with Gasteiger partial charge in [-0.25, -0.2) is 4.39 Å². The molecule has 178 valence electrons. The molecule has 0 aromatic heterocycles. The third-order valence-corrected chi connectivity index (χ3v) is 4.74. The largest absolute Gasteiger partial charge is 0.489 e. The molecule has 2 atom stereocenters. The number of rotatable bonds is 16. The monoisotopic (exact) mass is 450 g/mol. The lowest BCUT2D eigenvalue weighted by Gasteiger charge is -2.23. The number of carbonyl (C=O) groups is 2. The molecule has 0 spiro atoms. The number of ether oxygens (including phenoxy) is 1. The van der Waals surface area contributed by atoms with E-state index in [2.05, 4.69) is 18.5 Å². The highest BCUT2D eigenvalue weighted by molar-refractivity contribution is 5.79. The Kier molecular flexibility index (Phi) is 12.9. The number of nitrogens with zero attached hydrogens (tertiary/aromatic N) is 1. The van der Waals surface area contributed by atoms with Gasteiger partial charge in [0.1, 0.15) is 18.2 Å². The molecule has 0 fully saturated rings. The molecule has 0 unspecified atom stereocenters. The summed E-state index contributed by atoms with van der Waals surface area (Å²) >= 11 is 0. The van der Waals surface area contributed by atoms with Crippen LogP contribution < -0.4 is 10.1 Å². The van der Waals surface area contributed by atoms with Gasteiger partial charge in [0.05, 0.1) is 18.8 Å². The van der Waals surface area contributed by atoms with E-state index in [0.717, 1.165) is 6.42 Å². The number of nitrogens with one attached hydrogen (secondary N) is 1. The number of hydrogen-bond acceptors (Lipinski definition) is 5. The average Bonchev–Trinajstić information content (AvgIpc) is 2.76. The normalized spacial score (nSPS) is 12.5. The van der Waals surface area contributed by atoms with Gasteiger partial charge in [-0.1, -0.05) is 25.7 Å². The Balaban J connectivity index is 2.69. The van der Waals surface area contributed by atoms with Crippen LogP contribution in [0.4, 0.5) is 4.39 Å². The van der Waals surface area contributed by atoms with Crippen LogP contribution in [0.3, 0.4) is 0 Å². The van der Waals surface area contributed by atoms with E-state index in [1.807, 2.05) is 6.92 Å². The number of aliphatic hydroxyl groups is 2. The maximum atomic E-state index is 13.9. The topological polar surface area (TPSA) is 99.1 Å². The van der Waals surface area contributed by atoms with Crippen LogP contribution in [0.1, 0.15) is 38.2 Å². The minimum absolute atomic E-state index is 0.0432. The van der Waals surface area contributed by atoms with Crippen molar-refractivity contribution in [1.82, 2.24) is 10.2 Å². The highest BCUT2D eigenvalue weighted by Crippen LogP contribution is 2.19. The molecular formula is C24H35FN2O5. The Bertz CT molecular complexity index is 756. The van der Waals surface area contributed by atoms with E-state index in [1.54, 1.807) is 17.0 Å². The molecule has 32 heavy (non-hydrogen) atoms. The van der Waals surface area contributed by atoms with Crippen molar-refractivity contribution in [3.05, 3.63) is 54.9 Å². The molecule has 8 heteroatoms. The lowest BCUT2D eigenvalue weighted by Crippen LogP contribution is -2.46. The van der Waals surface area contributed by atoms with Crippen molar-refractivity contribution in [2.24, 2.45) is 0 Å². The smallest absolute Gasteiger partial charge is 0.222 e. The van der Waals surface area contributed by atoms with Crippen LogP contribution in [-0.2, 0) is 16.0 Å². The predicted molar refractivity (Wildman–Crippen MR) is 122 cm³/mol. The third-order valence-electron chi connectivity index (χ3n) is 4.74. The Morgan fingerprint density at radius 2 is 2.00 bits per heavy atom. The van der Waals surface area contributed by atoms with Gasteiger partial charge in [-0.05, 0) is 37.0 Å². The zero-order valence-corrected chi connectivity index (χ0v) is 18.8. The van der Waals surface area contributed by atoms with Crippen molar-refractivity contribution >= 4 is 11.8 Å². The summed E-state index contributed by atoms with van der Waals surface area (Å²) in [6.07, 6.45) is 3.57. The van der Waals surface area contributed by atoms with Crippen LogP contribution in [0.15, 0.2) is 43.5 Å².